The van der Waals surface area contributed by atoms with Crippen LogP contribution >= 0.6 is 0 Å². The third-order valence-electron chi connectivity index (χ3n) is 24.0. The van der Waals surface area contributed by atoms with Gasteiger partial charge in [-0.15, -0.1) is 0 Å². The Morgan fingerprint density at radius 1 is 0.570 bits per heavy atom. The molecule has 8 rings (SSSR count). The molecule has 8 fully saturated rings. The molecule has 12 atom stereocenters. The van der Waals surface area contributed by atoms with Crippen LogP contribution in [-0.2, 0) is 57.5 Å². The first-order chi connectivity index (χ1) is 47.5. The molecule has 3 saturated carbocycles. The number of likely N-dealkylation sites (tertiary alicyclic amines) is 1. The number of hydrogen-bond acceptors (Lipinski definition) is 13. The van der Waals surface area contributed by atoms with Crippen molar-refractivity contribution in [2.75, 3.05) is 81.6 Å². The van der Waals surface area contributed by atoms with Gasteiger partial charge in [0.15, 0.2) is 0 Å². The topological polar surface area (TPSA) is 282 Å². The van der Waals surface area contributed by atoms with Gasteiger partial charge in [-0.25, -0.2) is 8.78 Å². The molecule has 25 nitrogen and oxygen atoms in total. The Hall–Kier alpha value is -6.54. The maximum absolute atomic E-state index is 15.8. The second kappa shape index (κ2) is 35.6. The normalized spacial score (nSPS) is 31.1. The number of alkyl halides is 2. The van der Waals surface area contributed by atoms with Crippen molar-refractivity contribution in [3.05, 3.63) is 0 Å². The van der Waals surface area contributed by atoms with Gasteiger partial charge in [0.05, 0.1) is 19.0 Å². The van der Waals surface area contributed by atoms with Crippen molar-refractivity contribution < 1.29 is 66.3 Å². The van der Waals surface area contributed by atoms with Gasteiger partial charge in [0.2, 0.25) is 70.9 Å². The van der Waals surface area contributed by atoms with Crippen LogP contribution in [-0.4, -0.2) is 269 Å². The molecule has 0 aromatic heterocycles. The lowest BCUT2D eigenvalue weighted by atomic mass is 9.84. The molecule has 12 amide bonds. The van der Waals surface area contributed by atoms with E-state index < -0.39 is 162 Å². The van der Waals surface area contributed by atoms with Crippen molar-refractivity contribution in [1.82, 2.24) is 65.4 Å². The van der Waals surface area contributed by atoms with Crippen LogP contribution in [0.3, 0.4) is 0 Å². The Morgan fingerprint density at radius 3 is 1.81 bits per heavy atom. The fourth-order valence-electron chi connectivity index (χ4n) is 17.1. The zero-order valence-electron chi connectivity index (χ0n) is 61.8. The molecule has 100 heavy (non-hydrogen) atoms. The second-order valence-corrected chi connectivity index (χ2v) is 31.3. The van der Waals surface area contributed by atoms with Crippen molar-refractivity contribution in [1.29, 1.82) is 0 Å². The number of nitrogens with zero attached hydrogens (tertiary/aromatic N) is 9. The highest BCUT2D eigenvalue weighted by Crippen LogP contribution is 2.38. The smallest absolute Gasteiger partial charge is 0.253 e. The molecular formula is C73H119F2N13O12. The summed E-state index contributed by atoms with van der Waals surface area (Å²) < 4.78 is 27.6. The zero-order valence-corrected chi connectivity index (χ0v) is 61.8. The number of likely N-dealkylation sites (N-methyl/N-ethyl adjacent to an activating group) is 6. The van der Waals surface area contributed by atoms with Gasteiger partial charge in [0.25, 0.3) is 6.43 Å². The van der Waals surface area contributed by atoms with Gasteiger partial charge in [0, 0.05) is 68.5 Å². The van der Waals surface area contributed by atoms with Crippen molar-refractivity contribution in [3.63, 3.8) is 0 Å². The van der Waals surface area contributed by atoms with E-state index in [1.807, 2.05) is 20.8 Å². The Bertz CT molecular complexity index is 2910. The number of nitrogens with one attached hydrogen (secondary N) is 4. The quantitative estimate of drug-likeness (QED) is 0.207. The van der Waals surface area contributed by atoms with E-state index in [1.165, 1.54) is 74.4 Å². The maximum atomic E-state index is 15.8. The van der Waals surface area contributed by atoms with E-state index in [9.17, 15) is 32.8 Å². The summed E-state index contributed by atoms with van der Waals surface area (Å²) in [7, 11) is 8.95. The van der Waals surface area contributed by atoms with E-state index in [-0.39, 0.29) is 94.7 Å². The van der Waals surface area contributed by atoms with E-state index in [1.54, 1.807) is 25.8 Å². The van der Waals surface area contributed by atoms with Crippen molar-refractivity contribution >= 4 is 70.9 Å². The van der Waals surface area contributed by atoms with E-state index in [0.717, 1.165) is 51.4 Å². The number of carbonyl (C=O) groups is 12. The van der Waals surface area contributed by atoms with E-state index in [2.05, 4.69) is 21.3 Å². The van der Waals surface area contributed by atoms with Crippen LogP contribution in [0.1, 0.15) is 208 Å². The van der Waals surface area contributed by atoms with Crippen LogP contribution in [0.2, 0.25) is 0 Å². The molecule has 0 bridgehead atoms. The minimum absolute atomic E-state index is 0.0677. The lowest BCUT2D eigenvalue weighted by Gasteiger charge is -2.45. The number of hydrogen-bond donors (Lipinski definition) is 4. The van der Waals surface area contributed by atoms with Crippen LogP contribution in [0.4, 0.5) is 8.78 Å². The monoisotopic (exact) mass is 1410 g/mol. The first-order valence-electron chi connectivity index (χ1n) is 37.9. The van der Waals surface area contributed by atoms with Gasteiger partial charge in [-0.1, -0.05) is 91.9 Å². The molecule has 4 N–H and O–H groups in total. The Labute approximate surface area is 591 Å². The lowest BCUT2D eigenvalue weighted by Crippen LogP contribution is -2.65. The summed E-state index contributed by atoms with van der Waals surface area (Å²) in [5.41, 5.74) is -1.51. The van der Waals surface area contributed by atoms with Gasteiger partial charge in [-0.05, 0) is 146 Å². The second-order valence-electron chi connectivity index (χ2n) is 31.3. The Kier molecular flexibility index (Phi) is 28.2. The van der Waals surface area contributed by atoms with E-state index in [4.69, 9.17) is 0 Å². The summed E-state index contributed by atoms with van der Waals surface area (Å²) in [5.74, 6) is -7.83. The average Bonchev–Trinajstić information content (AvgIpc) is 1.11. The Morgan fingerprint density at radius 2 is 1.21 bits per heavy atom. The van der Waals surface area contributed by atoms with Gasteiger partial charge in [0.1, 0.15) is 59.9 Å². The molecule has 562 valence electrons. The van der Waals surface area contributed by atoms with Gasteiger partial charge in [-0.3, -0.25) is 57.5 Å². The van der Waals surface area contributed by atoms with Crippen LogP contribution in [0, 0.1) is 29.6 Å². The van der Waals surface area contributed by atoms with Crippen molar-refractivity contribution in [2.24, 2.45) is 29.6 Å². The summed E-state index contributed by atoms with van der Waals surface area (Å²) >= 11 is 0. The van der Waals surface area contributed by atoms with E-state index >= 15 is 33.6 Å². The van der Waals surface area contributed by atoms with E-state index in [0.29, 0.717) is 77.3 Å². The van der Waals surface area contributed by atoms with Gasteiger partial charge >= 0.3 is 0 Å². The molecule has 0 radical (unpaired) electrons. The number of amides is 12. The molecule has 0 aromatic rings. The summed E-state index contributed by atoms with van der Waals surface area (Å²) in [5, 5.41) is 11.9. The molecule has 5 aliphatic heterocycles. The maximum Gasteiger partial charge on any atom is 0.253 e. The fraction of sp³-hybridized carbons (Fsp3) is 0.836. The summed E-state index contributed by atoms with van der Waals surface area (Å²) in [6.07, 6.45) is 10.9. The number of fused-ring (bicyclic) bond motifs is 2. The molecule has 27 heteroatoms. The molecular weight excluding hydrogens is 1290 g/mol. The first-order valence-corrected chi connectivity index (χ1v) is 37.9. The highest BCUT2D eigenvalue weighted by Gasteiger charge is 2.52. The minimum Gasteiger partial charge on any atom is -0.343 e. The van der Waals surface area contributed by atoms with Crippen LogP contribution in [0.5, 0.6) is 0 Å². The largest absolute Gasteiger partial charge is 0.343 e. The van der Waals surface area contributed by atoms with Gasteiger partial charge in [-0.2, -0.15) is 0 Å². The summed E-state index contributed by atoms with van der Waals surface area (Å²) in [4.78, 5) is 194. The molecule has 3 aliphatic carbocycles. The van der Waals surface area contributed by atoms with Gasteiger partial charge < -0.3 is 65.4 Å². The van der Waals surface area contributed by atoms with Crippen molar-refractivity contribution in [2.45, 2.75) is 280 Å². The predicted molar refractivity (Wildman–Crippen MR) is 371 cm³/mol. The minimum atomic E-state index is -2.56. The number of piperidine rings is 2. The number of rotatable bonds is 12. The SMILES string of the molecule is CC[C@H](C)[C@@H]1NC(=O)[C@H](CC(C)C)N(C)C(=O)C[C@@H](C(=O)N2CCCCC2)N(C)C(=O)[C@H](C2CCCC2)N(C)C(=O)C2(CCCC2)NC(=O)[C@@H]2CCCN2C(=O)[C@H](CCC2CCC(C(F)F)NC2)NC(=O)CN(C)C(=O)[C@H](CC2CCCCC2)N(C)C(=O)[C@@H]2CCN2C(=O)[C@H](C)N(C)C1=O. The zero-order chi connectivity index (χ0) is 73.0. The number of halogens is 2. The number of carbonyl (C=O) groups excluding carboxylic acids is 12. The molecule has 1 spiro atoms. The molecule has 5 saturated heterocycles. The molecule has 8 aliphatic rings. The fourth-order valence-corrected chi connectivity index (χ4v) is 17.1. The third kappa shape index (κ3) is 18.6. The standard InChI is InChI=1S/C73H119F2N13O12/c1-12-46(4)60-70(98)81(7)47(5)65(93)88-39-33-54(88)68(96)83(9)56(41-48-24-15-13-16-25-48)67(95)80(6)44-58(89)77-52(32-30-49-29-31-51(62(74)75)76-43-49)66(94)87-38-23-28-53(87)64(92)79-73(34-19-20-35-73)72(100)85(11)61(50-26-17-18-27-50)71(99)84(10)57(69(97)86-36-21-14-22-37-86)42-59(90)82(8)55(40-45(2)3)63(91)78-60/h45-57,60-62,76H,12-44H2,1-11H3,(H,77,89)(H,78,91)(H,79,92)/t46-,47-,49?,51?,52-,53-,54-,55-,56-,57-,60-,61-/m0/s1. The molecule has 5 heterocycles. The van der Waals surface area contributed by atoms with Crippen LogP contribution in [0.15, 0.2) is 0 Å². The average molecular weight is 1410 g/mol. The summed E-state index contributed by atoms with van der Waals surface area (Å²) in [6, 6.07) is -11.3. The van der Waals surface area contributed by atoms with Crippen LogP contribution in [0.25, 0.3) is 0 Å². The molecule has 2 unspecified atom stereocenters. The summed E-state index contributed by atoms with van der Waals surface area (Å²) in [6.45, 7) is 9.84. The highest BCUT2D eigenvalue weighted by molar-refractivity contribution is 6.01. The van der Waals surface area contributed by atoms with Crippen molar-refractivity contribution in [3.8, 4) is 0 Å². The predicted octanol–water partition coefficient (Wildman–Crippen LogP) is 4.67. The third-order valence-corrected chi connectivity index (χ3v) is 24.0. The Balaban J connectivity index is 1.16. The lowest BCUT2D eigenvalue weighted by molar-refractivity contribution is -0.160. The van der Waals surface area contributed by atoms with Crippen LogP contribution < -0.4 is 21.3 Å². The molecule has 0 aromatic carbocycles. The highest BCUT2D eigenvalue weighted by atomic mass is 19.3. The first kappa shape index (κ1) is 79.2.